The van der Waals surface area contributed by atoms with E-state index in [4.69, 9.17) is 46.9 Å². The van der Waals surface area contributed by atoms with Crippen molar-refractivity contribution in [2.45, 2.75) is 174 Å². The summed E-state index contributed by atoms with van der Waals surface area (Å²) in [5.41, 5.74) is -0.0766. The van der Waals surface area contributed by atoms with Crippen LogP contribution in [-0.4, -0.2) is 82.1 Å². The molecule has 5 rings (SSSR count). The molecule has 1 heterocycles. The molecular weight excluding hydrogens is 1050 g/mol. The molecule has 0 fully saturated rings. The highest BCUT2D eigenvalue weighted by Crippen LogP contribution is 2.29. The molecule has 2 N–H and O–H groups in total. The van der Waals surface area contributed by atoms with E-state index in [-0.39, 0.29) is 62.4 Å². The summed E-state index contributed by atoms with van der Waals surface area (Å²) in [6.45, 7) is 7.55. The number of fused-ring (bicyclic) bond motifs is 1. The number of carbonyl (C=O) groups is 7. The molecule has 19 heteroatoms. The molecule has 1 aromatic heterocycles. The maximum Gasteiger partial charge on any atom is 0.347 e. The molecule has 5 aromatic rings. The first-order valence-corrected chi connectivity index (χ1v) is 28.5. The molecule has 0 saturated carbocycles. The fourth-order valence-electron chi connectivity index (χ4n) is 8.37. The number of nitrogens with one attached hydrogen (secondary N) is 2. The number of esters is 5. The zero-order valence-electron chi connectivity index (χ0n) is 45.9. The van der Waals surface area contributed by atoms with Crippen molar-refractivity contribution in [3.05, 3.63) is 112 Å². The third kappa shape index (κ3) is 21.4. The van der Waals surface area contributed by atoms with E-state index in [1.165, 1.54) is 145 Å². The van der Waals surface area contributed by atoms with E-state index in [2.05, 4.69) is 34.7 Å². The fraction of sp³-hybridized carbons (Fsp3) is 0.483. The lowest BCUT2D eigenvalue weighted by molar-refractivity contribution is -0.153. The molecule has 0 aliphatic rings. The maximum absolute atomic E-state index is 14.5. The zero-order valence-corrected chi connectivity index (χ0v) is 47.4. The average molecular weight is 1130 g/mol. The molecule has 2 atom stereocenters. The third-order valence-electron chi connectivity index (χ3n) is 12.9. The third-order valence-corrected chi connectivity index (χ3v) is 13.6. The van der Waals surface area contributed by atoms with Crippen molar-refractivity contribution in [1.29, 1.82) is 0 Å². The highest BCUT2D eigenvalue weighted by Gasteiger charge is 2.33. The number of para-hydroxylation sites is 1. The molecule has 2 amide bonds. The normalized spacial score (nSPS) is 12.2. The standard InChI is InChI=1S/C60H75Cl2N5O12/c1-5-7-9-11-13-15-17-19-21-26-36-75-56(70)41(3)77-58(72)43-30-33-47(61)50(38-43)63-54(68)53(67-65-49-35-32-45(40-52(49)66-67)60(74)79-46-28-24-23-25-29-46)55(69)64-51-39-44(31-34-48(51)62)59(73)78-42(4)57(71)76-37-27-22-20-18-16-14-12-10-8-6-2/h23-25,28-35,38-42,53H,5-22,26-27,36-37H2,1-4H3,(H,63,68)(H,64,69). The SMILES string of the molecule is CCCCCCCCCCCCOC(=O)C(C)OC(=O)c1ccc(Cl)c(NC(=O)C(C(=O)Nc2cc(C(=O)OC(C)C(=O)OCCCCCCCCCCCC)ccc2Cl)n2nc3ccc(C(=O)Oc4ccccc4)cc3n2)c1. The first-order chi connectivity index (χ1) is 38.2. The number of nitrogens with zero attached hydrogens (tertiary/aromatic N) is 3. The summed E-state index contributed by atoms with van der Waals surface area (Å²) >= 11 is 13.1. The van der Waals surface area contributed by atoms with Crippen molar-refractivity contribution in [3.63, 3.8) is 0 Å². The van der Waals surface area contributed by atoms with Crippen LogP contribution in [0.1, 0.15) is 193 Å². The Balaban J connectivity index is 1.26. The van der Waals surface area contributed by atoms with E-state index in [1.54, 1.807) is 30.3 Å². The van der Waals surface area contributed by atoms with Gasteiger partial charge >= 0.3 is 29.8 Å². The lowest BCUT2D eigenvalue weighted by Crippen LogP contribution is -2.37. The van der Waals surface area contributed by atoms with E-state index in [1.807, 2.05) is 0 Å². The van der Waals surface area contributed by atoms with Gasteiger partial charge in [-0.1, -0.05) is 171 Å². The molecule has 0 radical (unpaired) electrons. The Morgan fingerprint density at radius 2 is 0.873 bits per heavy atom. The summed E-state index contributed by atoms with van der Waals surface area (Å²) in [7, 11) is 0. The van der Waals surface area contributed by atoms with Crippen LogP contribution in [0.2, 0.25) is 10.0 Å². The van der Waals surface area contributed by atoms with Gasteiger partial charge in [0.1, 0.15) is 16.8 Å². The number of unbranched alkanes of at least 4 members (excludes halogenated alkanes) is 18. The van der Waals surface area contributed by atoms with E-state index in [0.717, 1.165) is 43.3 Å². The molecule has 2 unspecified atom stereocenters. The van der Waals surface area contributed by atoms with Gasteiger partial charge in [-0.3, -0.25) is 9.59 Å². The second kappa shape index (κ2) is 34.2. The number of hydrogen-bond acceptors (Lipinski definition) is 14. The van der Waals surface area contributed by atoms with Gasteiger partial charge in [0.05, 0.1) is 51.3 Å². The van der Waals surface area contributed by atoms with Crippen molar-refractivity contribution in [3.8, 4) is 5.75 Å². The molecule has 4 aromatic carbocycles. The van der Waals surface area contributed by atoms with Gasteiger partial charge in [-0.15, -0.1) is 0 Å². The van der Waals surface area contributed by atoms with Crippen LogP contribution in [-0.2, 0) is 38.1 Å². The first-order valence-electron chi connectivity index (χ1n) is 27.8. The van der Waals surface area contributed by atoms with Crippen molar-refractivity contribution >= 4 is 87.3 Å². The summed E-state index contributed by atoms with van der Waals surface area (Å²) in [6, 6.07) is 18.4. The number of hydrogen-bond donors (Lipinski definition) is 2. The number of ether oxygens (including phenoxy) is 5. The molecule has 0 aliphatic heterocycles. The quantitative estimate of drug-likeness (QED) is 0.0127. The minimum atomic E-state index is -1.96. The van der Waals surface area contributed by atoms with Crippen LogP contribution in [0.4, 0.5) is 11.4 Å². The van der Waals surface area contributed by atoms with Gasteiger partial charge in [-0.2, -0.15) is 15.0 Å². The minimum Gasteiger partial charge on any atom is -0.463 e. The number of amides is 2. The molecule has 426 valence electrons. The van der Waals surface area contributed by atoms with Crippen molar-refractivity contribution in [1.82, 2.24) is 15.0 Å². The van der Waals surface area contributed by atoms with Gasteiger partial charge in [0.15, 0.2) is 12.2 Å². The van der Waals surface area contributed by atoms with Crippen LogP contribution in [0.25, 0.3) is 11.0 Å². The number of anilines is 2. The van der Waals surface area contributed by atoms with Crippen molar-refractivity contribution in [2.24, 2.45) is 0 Å². The van der Waals surface area contributed by atoms with E-state index in [9.17, 15) is 33.6 Å². The van der Waals surface area contributed by atoms with Gasteiger partial charge in [-0.25, -0.2) is 24.0 Å². The Morgan fingerprint density at radius 1 is 0.481 bits per heavy atom. The molecular formula is C60H75Cl2N5O12. The summed E-state index contributed by atoms with van der Waals surface area (Å²) < 4.78 is 27.1. The van der Waals surface area contributed by atoms with Gasteiger partial charge < -0.3 is 34.3 Å². The Hall–Kier alpha value is -6.85. The highest BCUT2D eigenvalue weighted by atomic mass is 35.5. The van der Waals surface area contributed by atoms with Crippen LogP contribution in [0.15, 0.2) is 84.9 Å². The Labute approximate surface area is 473 Å². The lowest BCUT2D eigenvalue weighted by Gasteiger charge is -2.18. The number of aromatic nitrogens is 3. The predicted molar refractivity (Wildman–Crippen MR) is 303 cm³/mol. The second-order valence-electron chi connectivity index (χ2n) is 19.5. The first kappa shape index (κ1) is 63.0. The van der Waals surface area contributed by atoms with Crippen molar-refractivity contribution < 1.29 is 57.2 Å². The molecule has 0 bridgehead atoms. The summed E-state index contributed by atoms with van der Waals surface area (Å²) in [6.07, 6.45) is 19.9. The lowest BCUT2D eigenvalue weighted by atomic mass is 10.1. The zero-order chi connectivity index (χ0) is 56.9. The number of benzene rings is 4. The van der Waals surface area contributed by atoms with Crippen LogP contribution in [0.3, 0.4) is 0 Å². The Bertz CT molecular complexity index is 2670. The van der Waals surface area contributed by atoms with Crippen LogP contribution >= 0.6 is 23.2 Å². The molecule has 17 nitrogen and oxygen atoms in total. The van der Waals surface area contributed by atoms with Crippen LogP contribution in [0, 0.1) is 0 Å². The van der Waals surface area contributed by atoms with Gasteiger partial charge in [0, 0.05) is 0 Å². The average Bonchev–Trinajstić information content (AvgIpc) is 3.93. The molecule has 79 heavy (non-hydrogen) atoms. The van der Waals surface area contributed by atoms with Crippen LogP contribution in [0.5, 0.6) is 5.75 Å². The van der Waals surface area contributed by atoms with Gasteiger partial charge in [-0.05, 0) is 93.4 Å². The minimum absolute atomic E-state index is 0.0423. The van der Waals surface area contributed by atoms with E-state index >= 15 is 0 Å². The summed E-state index contributed by atoms with van der Waals surface area (Å²) in [4.78, 5) is 95.1. The molecule has 0 saturated heterocycles. The molecule has 0 spiro atoms. The van der Waals surface area contributed by atoms with Gasteiger partial charge in [0.2, 0.25) is 6.04 Å². The Kier molecular flexibility index (Phi) is 27.3. The largest absolute Gasteiger partial charge is 0.463 e. The topological polar surface area (TPSA) is 220 Å². The number of halogens is 2. The van der Waals surface area contributed by atoms with E-state index in [0.29, 0.717) is 18.6 Å². The maximum atomic E-state index is 14.5. The van der Waals surface area contributed by atoms with Crippen LogP contribution < -0.4 is 15.4 Å². The molecule has 0 aliphatic carbocycles. The predicted octanol–water partition coefficient (Wildman–Crippen LogP) is 13.8. The summed E-state index contributed by atoms with van der Waals surface area (Å²) in [5.74, 6) is -5.80. The highest BCUT2D eigenvalue weighted by molar-refractivity contribution is 6.35. The number of rotatable bonds is 35. The fourth-order valence-corrected chi connectivity index (χ4v) is 8.70. The second-order valence-corrected chi connectivity index (χ2v) is 20.3. The Morgan fingerprint density at radius 3 is 1.32 bits per heavy atom. The van der Waals surface area contributed by atoms with E-state index < -0.39 is 59.9 Å². The smallest absolute Gasteiger partial charge is 0.347 e. The van der Waals surface area contributed by atoms with Crippen molar-refractivity contribution in [2.75, 3.05) is 23.8 Å². The van der Waals surface area contributed by atoms with Gasteiger partial charge in [0.25, 0.3) is 11.8 Å². The summed E-state index contributed by atoms with van der Waals surface area (Å²) in [5, 5.41) is 13.9. The number of carbonyl (C=O) groups excluding carboxylic acids is 7. The monoisotopic (exact) mass is 1130 g/mol.